The molecule has 2 rings (SSSR count). The van der Waals surface area contributed by atoms with Gasteiger partial charge in [0.1, 0.15) is 5.75 Å². The molecule has 1 saturated heterocycles. The van der Waals surface area contributed by atoms with E-state index in [2.05, 4.69) is 20.4 Å². The van der Waals surface area contributed by atoms with Gasteiger partial charge in [-0.25, -0.2) is 13.4 Å². The number of nitrogens with one attached hydrogen (secondary N) is 2. The van der Waals surface area contributed by atoms with E-state index in [0.29, 0.717) is 24.5 Å². The average Bonchev–Trinajstić information content (AvgIpc) is 2.84. The minimum atomic E-state index is -2.99. The molecule has 1 unspecified atom stereocenters. The van der Waals surface area contributed by atoms with Crippen molar-refractivity contribution in [1.82, 2.24) is 10.6 Å². The lowest BCUT2D eigenvalue weighted by molar-refractivity contribution is -0.0504. The van der Waals surface area contributed by atoms with Gasteiger partial charge in [-0.05, 0) is 19.4 Å². The number of sulfone groups is 1. The van der Waals surface area contributed by atoms with Crippen LogP contribution < -0.4 is 15.4 Å². The molecule has 1 heterocycles. The predicted octanol–water partition coefficient (Wildman–Crippen LogP) is 1.53. The number of hydrogen-bond donors (Lipinski definition) is 2. The zero-order chi connectivity index (χ0) is 17.6. The summed E-state index contributed by atoms with van der Waals surface area (Å²) >= 11 is 0. The first kappa shape index (κ1) is 18.4. The van der Waals surface area contributed by atoms with Crippen LogP contribution in [0.2, 0.25) is 0 Å². The largest absolute Gasteiger partial charge is 0.434 e. The van der Waals surface area contributed by atoms with Crippen molar-refractivity contribution in [2.24, 2.45) is 4.99 Å². The quantitative estimate of drug-likeness (QED) is 0.593. The predicted molar refractivity (Wildman–Crippen MR) is 88.1 cm³/mol. The van der Waals surface area contributed by atoms with Crippen molar-refractivity contribution in [3.63, 3.8) is 0 Å². The van der Waals surface area contributed by atoms with E-state index >= 15 is 0 Å². The summed E-state index contributed by atoms with van der Waals surface area (Å²) in [5.41, 5.74) is 0.522. The number of alkyl halides is 2. The van der Waals surface area contributed by atoms with Gasteiger partial charge in [0.2, 0.25) is 0 Å². The fraction of sp³-hybridized carbons (Fsp3) is 0.533. The second kappa shape index (κ2) is 8.27. The molecule has 134 valence electrons. The van der Waals surface area contributed by atoms with Crippen LogP contribution in [-0.4, -0.2) is 45.1 Å². The van der Waals surface area contributed by atoms with Gasteiger partial charge in [0.05, 0.1) is 18.1 Å². The number of ether oxygens (including phenoxy) is 1. The molecule has 6 nitrogen and oxygen atoms in total. The van der Waals surface area contributed by atoms with E-state index < -0.39 is 16.4 Å². The molecule has 2 N–H and O–H groups in total. The number of guanidine groups is 1. The molecule has 0 radical (unpaired) electrons. The third kappa shape index (κ3) is 5.63. The van der Waals surface area contributed by atoms with Crippen molar-refractivity contribution in [2.45, 2.75) is 32.5 Å². The summed E-state index contributed by atoms with van der Waals surface area (Å²) in [7, 11) is -2.99. The van der Waals surface area contributed by atoms with E-state index in [1.807, 2.05) is 6.92 Å². The fourth-order valence-electron chi connectivity index (χ4n) is 2.43. The molecule has 1 aliphatic heterocycles. The van der Waals surface area contributed by atoms with E-state index in [1.165, 1.54) is 6.07 Å². The third-order valence-corrected chi connectivity index (χ3v) is 5.28. The maximum absolute atomic E-state index is 12.4. The number of para-hydroxylation sites is 1. The Labute approximate surface area is 140 Å². The van der Waals surface area contributed by atoms with E-state index in [4.69, 9.17) is 0 Å². The van der Waals surface area contributed by atoms with Crippen LogP contribution in [0.3, 0.4) is 0 Å². The van der Waals surface area contributed by atoms with Crippen molar-refractivity contribution in [1.29, 1.82) is 0 Å². The Morgan fingerprint density at radius 2 is 2.17 bits per heavy atom. The molecular weight excluding hydrogens is 340 g/mol. The number of benzene rings is 1. The van der Waals surface area contributed by atoms with Crippen molar-refractivity contribution in [3.8, 4) is 5.75 Å². The Balaban J connectivity index is 2.06. The normalized spacial score (nSPS) is 20.2. The maximum Gasteiger partial charge on any atom is 0.387 e. The second-order valence-electron chi connectivity index (χ2n) is 5.43. The molecule has 1 atom stereocenters. The van der Waals surface area contributed by atoms with Gasteiger partial charge in [-0.3, -0.25) is 0 Å². The van der Waals surface area contributed by atoms with Gasteiger partial charge in [0, 0.05) is 18.2 Å². The number of hydrogen-bond acceptors (Lipinski definition) is 4. The Kier molecular flexibility index (Phi) is 6.36. The molecule has 1 aromatic rings. The summed E-state index contributed by atoms with van der Waals surface area (Å²) in [6.45, 7) is -0.278. The Morgan fingerprint density at radius 1 is 1.42 bits per heavy atom. The van der Waals surface area contributed by atoms with Gasteiger partial charge in [0.25, 0.3) is 0 Å². The zero-order valence-electron chi connectivity index (χ0n) is 13.3. The molecule has 1 aromatic carbocycles. The number of nitrogens with zero attached hydrogens (tertiary/aromatic N) is 1. The summed E-state index contributed by atoms with van der Waals surface area (Å²) in [5.74, 6) is 0.763. The monoisotopic (exact) mass is 361 g/mol. The van der Waals surface area contributed by atoms with Crippen LogP contribution in [-0.2, 0) is 16.4 Å². The first-order valence-electron chi connectivity index (χ1n) is 7.67. The van der Waals surface area contributed by atoms with Gasteiger partial charge >= 0.3 is 6.61 Å². The smallest absolute Gasteiger partial charge is 0.387 e. The zero-order valence-corrected chi connectivity index (χ0v) is 14.2. The molecule has 0 bridgehead atoms. The minimum absolute atomic E-state index is 0.0719. The first-order chi connectivity index (χ1) is 11.4. The summed E-state index contributed by atoms with van der Waals surface area (Å²) in [6.07, 6.45) is 0.526. The van der Waals surface area contributed by atoms with E-state index in [0.717, 1.165) is 0 Å². The van der Waals surface area contributed by atoms with Crippen molar-refractivity contribution in [2.75, 3.05) is 18.1 Å². The summed E-state index contributed by atoms with van der Waals surface area (Å²) in [6, 6.07) is 6.25. The maximum atomic E-state index is 12.4. The third-order valence-electron chi connectivity index (χ3n) is 3.51. The van der Waals surface area contributed by atoms with Crippen LogP contribution in [0.5, 0.6) is 5.75 Å². The van der Waals surface area contributed by atoms with Crippen LogP contribution >= 0.6 is 0 Å². The SMILES string of the molecule is CCNC(=NCc1ccccc1OC(F)F)NC1CCS(=O)(=O)C1. The molecule has 0 saturated carbocycles. The molecular formula is C15H21F2N3O3S. The van der Waals surface area contributed by atoms with Gasteiger partial charge < -0.3 is 15.4 Å². The highest BCUT2D eigenvalue weighted by molar-refractivity contribution is 7.91. The molecule has 0 spiro atoms. The molecule has 0 aromatic heterocycles. The van der Waals surface area contributed by atoms with Crippen LogP contribution in [0.4, 0.5) is 8.78 Å². The van der Waals surface area contributed by atoms with Gasteiger partial charge in [-0.15, -0.1) is 0 Å². The Bertz CT molecular complexity index is 680. The lowest BCUT2D eigenvalue weighted by atomic mass is 10.2. The topological polar surface area (TPSA) is 79.8 Å². The molecule has 24 heavy (non-hydrogen) atoms. The van der Waals surface area contributed by atoms with Crippen LogP contribution in [0.25, 0.3) is 0 Å². The summed E-state index contributed by atoms with van der Waals surface area (Å²) in [4.78, 5) is 4.34. The minimum Gasteiger partial charge on any atom is -0.434 e. The standard InChI is InChI=1S/C15H21F2N3O3S/c1-2-18-15(20-12-7-8-24(21,22)10-12)19-9-11-5-3-4-6-13(11)23-14(16)17/h3-6,12,14H,2,7-10H2,1H3,(H2,18,19,20). The number of rotatable bonds is 6. The molecule has 9 heteroatoms. The number of aliphatic imine (C=N–C) groups is 1. The van der Waals surface area contributed by atoms with Crippen LogP contribution in [0, 0.1) is 0 Å². The molecule has 0 amide bonds. The lowest BCUT2D eigenvalue weighted by Gasteiger charge is -2.16. The Morgan fingerprint density at radius 3 is 2.79 bits per heavy atom. The first-order valence-corrected chi connectivity index (χ1v) is 9.49. The summed E-state index contributed by atoms with van der Waals surface area (Å²) in [5, 5.41) is 6.10. The van der Waals surface area contributed by atoms with Crippen molar-refractivity contribution >= 4 is 15.8 Å². The van der Waals surface area contributed by atoms with Crippen LogP contribution in [0.1, 0.15) is 18.9 Å². The summed E-state index contributed by atoms with van der Waals surface area (Å²) < 4.78 is 52.4. The van der Waals surface area contributed by atoms with Crippen molar-refractivity contribution in [3.05, 3.63) is 29.8 Å². The lowest BCUT2D eigenvalue weighted by Crippen LogP contribution is -2.44. The average molecular weight is 361 g/mol. The van der Waals surface area contributed by atoms with Gasteiger partial charge in [-0.2, -0.15) is 8.78 Å². The van der Waals surface area contributed by atoms with Crippen molar-refractivity contribution < 1.29 is 21.9 Å². The van der Waals surface area contributed by atoms with E-state index in [9.17, 15) is 17.2 Å². The molecule has 0 aliphatic carbocycles. The Hall–Kier alpha value is -1.90. The molecule has 1 aliphatic rings. The van der Waals surface area contributed by atoms with Gasteiger partial charge in [0.15, 0.2) is 15.8 Å². The second-order valence-corrected chi connectivity index (χ2v) is 7.65. The highest BCUT2D eigenvalue weighted by Crippen LogP contribution is 2.21. The van der Waals surface area contributed by atoms with E-state index in [1.54, 1.807) is 18.2 Å². The molecule has 1 fully saturated rings. The fourth-order valence-corrected chi connectivity index (χ4v) is 4.11. The number of halogens is 2. The highest BCUT2D eigenvalue weighted by Gasteiger charge is 2.28. The van der Waals surface area contributed by atoms with Gasteiger partial charge in [-0.1, -0.05) is 18.2 Å². The van der Waals surface area contributed by atoms with Crippen LogP contribution in [0.15, 0.2) is 29.3 Å². The highest BCUT2D eigenvalue weighted by atomic mass is 32.2. The van der Waals surface area contributed by atoms with E-state index in [-0.39, 0.29) is 29.8 Å².